The number of amides is 1. The summed E-state index contributed by atoms with van der Waals surface area (Å²) in [6, 6.07) is -0.389. The van der Waals surface area contributed by atoms with Gasteiger partial charge in [0.2, 0.25) is 5.91 Å². The minimum Gasteiger partial charge on any atom is -0.373 e. The van der Waals surface area contributed by atoms with Crippen molar-refractivity contribution in [2.45, 2.75) is 59.0 Å². The summed E-state index contributed by atoms with van der Waals surface area (Å²) < 4.78 is 29.5. The van der Waals surface area contributed by atoms with Gasteiger partial charge >= 0.3 is 0 Å². The van der Waals surface area contributed by atoms with Crippen LogP contribution in [0.1, 0.15) is 63.2 Å². The lowest BCUT2D eigenvalue weighted by Gasteiger charge is -2.37. The quantitative estimate of drug-likeness (QED) is 0.744. The van der Waals surface area contributed by atoms with Crippen molar-refractivity contribution in [3.63, 3.8) is 0 Å². The SMILES string of the molecule is CCN(CC)S(=O)(=O)N1CCCC[C@H]1c1nc2c(c(NC)n1)CCN(C(C)=O)C2. The van der Waals surface area contributed by atoms with E-state index < -0.39 is 10.2 Å². The van der Waals surface area contributed by atoms with E-state index in [0.717, 1.165) is 29.9 Å². The lowest BCUT2D eigenvalue weighted by molar-refractivity contribution is -0.129. The van der Waals surface area contributed by atoms with E-state index in [9.17, 15) is 13.2 Å². The highest BCUT2D eigenvalue weighted by Gasteiger charge is 2.38. The van der Waals surface area contributed by atoms with Crippen molar-refractivity contribution in [3.8, 4) is 0 Å². The van der Waals surface area contributed by atoms with E-state index in [-0.39, 0.29) is 11.9 Å². The maximum absolute atomic E-state index is 13.2. The first-order valence-corrected chi connectivity index (χ1v) is 11.8. The Bertz CT molecular complexity index is 856. The number of piperidine rings is 1. The van der Waals surface area contributed by atoms with Crippen LogP contribution in [-0.2, 0) is 28.0 Å². The highest BCUT2D eigenvalue weighted by atomic mass is 32.2. The smallest absolute Gasteiger partial charge is 0.282 e. The summed E-state index contributed by atoms with van der Waals surface area (Å²) in [7, 11) is -1.77. The predicted molar refractivity (Wildman–Crippen MR) is 112 cm³/mol. The maximum Gasteiger partial charge on any atom is 0.282 e. The number of fused-ring (bicyclic) bond motifs is 1. The summed E-state index contributed by atoms with van der Waals surface area (Å²) >= 11 is 0. The van der Waals surface area contributed by atoms with Crippen LogP contribution >= 0.6 is 0 Å². The third-order valence-corrected chi connectivity index (χ3v) is 8.04. The number of aromatic nitrogens is 2. The molecule has 3 heterocycles. The van der Waals surface area contributed by atoms with E-state index >= 15 is 0 Å². The molecule has 1 aromatic heterocycles. The number of anilines is 1. The van der Waals surface area contributed by atoms with Crippen LogP contribution in [0.15, 0.2) is 0 Å². The molecule has 0 aliphatic carbocycles. The molecule has 1 saturated heterocycles. The van der Waals surface area contributed by atoms with Crippen molar-refractivity contribution < 1.29 is 13.2 Å². The molecule has 0 spiro atoms. The standard InChI is InChI=1S/C19H32N6O3S/c1-5-24(6-2)29(27,28)25-11-8-7-9-17(25)19-21-16-13-23(14(3)26)12-10-15(16)18(20-4)22-19/h17H,5-13H2,1-4H3,(H,20,21,22)/t17-/m0/s1. The first-order valence-electron chi connectivity index (χ1n) is 10.4. The lowest BCUT2D eigenvalue weighted by atomic mass is 10.0. The van der Waals surface area contributed by atoms with Crippen LogP contribution in [0.25, 0.3) is 0 Å². The average Bonchev–Trinajstić information content (AvgIpc) is 2.73. The summed E-state index contributed by atoms with van der Waals surface area (Å²) in [6.07, 6.45) is 3.15. The van der Waals surface area contributed by atoms with Crippen LogP contribution in [0.3, 0.4) is 0 Å². The van der Waals surface area contributed by atoms with Crippen LogP contribution in [0, 0.1) is 0 Å². The highest BCUT2D eigenvalue weighted by molar-refractivity contribution is 7.86. The van der Waals surface area contributed by atoms with E-state index in [0.29, 0.717) is 51.4 Å². The van der Waals surface area contributed by atoms with Gasteiger partial charge in [-0.2, -0.15) is 17.0 Å². The Morgan fingerprint density at radius 2 is 1.93 bits per heavy atom. The molecule has 162 valence electrons. The fourth-order valence-corrected chi connectivity index (χ4v) is 6.04. The van der Waals surface area contributed by atoms with E-state index in [4.69, 9.17) is 9.97 Å². The Morgan fingerprint density at radius 3 is 2.55 bits per heavy atom. The van der Waals surface area contributed by atoms with Crippen molar-refractivity contribution in [1.29, 1.82) is 0 Å². The Labute approximate surface area is 173 Å². The molecule has 1 amide bonds. The second kappa shape index (κ2) is 8.93. The zero-order chi connectivity index (χ0) is 21.2. The largest absolute Gasteiger partial charge is 0.373 e. The fraction of sp³-hybridized carbons (Fsp3) is 0.737. The molecule has 3 rings (SSSR count). The second-order valence-corrected chi connectivity index (χ2v) is 9.39. The van der Waals surface area contributed by atoms with Crippen molar-refractivity contribution in [2.75, 3.05) is 38.5 Å². The van der Waals surface area contributed by atoms with E-state index in [2.05, 4.69) is 5.32 Å². The molecule has 10 heteroatoms. The molecule has 1 fully saturated rings. The van der Waals surface area contributed by atoms with Crippen LogP contribution in [0.2, 0.25) is 0 Å². The fourth-order valence-electron chi connectivity index (χ4n) is 4.21. The number of nitrogens with one attached hydrogen (secondary N) is 1. The molecule has 2 aliphatic heterocycles. The van der Waals surface area contributed by atoms with Gasteiger partial charge in [0, 0.05) is 45.7 Å². The van der Waals surface area contributed by atoms with Gasteiger partial charge in [-0.25, -0.2) is 9.97 Å². The average molecular weight is 425 g/mol. The molecule has 0 aromatic carbocycles. The molecular formula is C19H32N6O3S. The zero-order valence-electron chi connectivity index (χ0n) is 17.8. The van der Waals surface area contributed by atoms with Crippen LogP contribution in [-0.4, -0.2) is 71.0 Å². The molecule has 1 atom stereocenters. The molecule has 1 N–H and O–H groups in total. The van der Waals surface area contributed by atoms with Gasteiger partial charge in [-0.3, -0.25) is 4.79 Å². The molecular weight excluding hydrogens is 392 g/mol. The zero-order valence-corrected chi connectivity index (χ0v) is 18.6. The number of rotatable bonds is 6. The molecule has 1 aromatic rings. The minimum atomic E-state index is -3.58. The van der Waals surface area contributed by atoms with Crippen molar-refractivity contribution in [3.05, 3.63) is 17.1 Å². The lowest BCUT2D eigenvalue weighted by Crippen LogP contribution is -2.47. The summed E-state index contributed by atoms with van der Waals surface area (Å²) in [6.45, 7) is 7.68. The minimum absolute atomic E-state index is 0.0187. The Kier molecular flexibility index (Phi) is 6.75. The molecule has 0 unspecified atom stereocenters. The number of carbonyl (C=O) groups excluding carboxylic acids is 1. The van der Waals surface area contributed by atoms with Gasteiger partial charge in [0.15, 0.2) is 0 Å². The maximum atomic E-state index is 13.2. The van der Waals surface area contributed by atoms with Crippen molar-refractivity contribution in [2.24, 2.45) is 0 Å². The molecule has 29 heavy (non-hydrogen) atoms. The number of carbonyl (C=O) groups is 1. The van der Waals surface area contributed by atoms with E-state index in [1.54, 1.807) is 16.1 Å². The Hall–Kier alpha value is -1.78. The second-order valence-electron chi connectivity index (χ2n) is 7.51. The highest BCUT2D eigenvalue weighted by Crippen LogP contribution is 2.34. The van der Waals surface area contributed by atoms with Crippen molar-refractivity contribution in [1.82, 2.24) is 23.5 Å². The summed E-state index contributed by atoms with van der Waals surface area (Å²) in [5.41, 5.74) is 1.83. The molecule has 0 radical (unpaired) electrons. The van der Waals surface area contributed by atoms with Gasteiger partial charge in [0.25, 0.3) is 10.2 Å². The third kappa shape index (κ3) is 4.24. The van der Waals surface area contributed by atoms with Crippen LogP contribution in [0.5, 0.6) is 0 Å². The number of nitrogens with zero attached hydrogens (tertiary/aromatic N) is 5. The monoisotopic (exact) mass is 424 g/mol. The molecule has 2 aliphatic rings. The van der Waals surface area contributed by atoms with Crippen LogP contribution in [0.4, 0.5) is 5.82 Å². The predicted octanol–water partition coefficient (Wildman–Crippen LogP) is 1.54. The Morgan fingerprint density at radius 1 is 1.21 bits per heavy atom. The topological polar surface area (TPSA) is 98.7 Å². The first-order chi connectivity index (χ1) is 13.8. The van der Waals surface area contributed by atoms with Crippen LogP contribution < -0.4 is 5.32 Å². The molecule has 0 saturated carbocycles. The normalized spacial score (nSPS) is 20.6. The van der Waals surface area contributed by atoms with Crippen molar-refractivity contribution >= 4 is 21.9 Å². The summed E-state index contributed by atoms with van der Waals surface area (Å²) in [4.78, 5) is 23.1. The van der Waals surface area contributed by atoms with Gasteiger partial charge in [0.1, 0.15) is 11.6 Å². The third-order valence-electron chi connectivity index (χ3n) is 5.84. The molecule has 9 nitrogen and oxygen atoms in total. The summed E-state index contributed by atoms with van der Waals surface area (Å²) in [5.74, 6) is 1.28. The van der Waals surface area contributed by atoms with E-state index in [1.807, 2.05) is 20.9 Å². The molecule has 0 bridgehead atoms. The van der Waals surface area contributed by atoms with Gasteiger partial charge in [-0.05, 0) is 19.3 Å². The van der Waals surface area contributed by atoms with E-state index in [1.165, 1.54) is 4.31 Å². The first kappa shape index (κ1) is 21.9. The number of hydrogen-bond acceptors (Lipinski definition) is 6. The Balaban J connectivity index is 2.01. The van der Waals surface area contributed by atoms with Gasteiger partial charge < -0.3 is 10.2 Å². The van der Waals surface area contributed by atoms with Gasteiger partial charge in [-0.1, -0.05) is 20.3 Å². The number of hydrogen-bond donors (Lipinski definition) is 1. The summed E-state index contributed by atoms with van der Waals surface area (Å²) in [5, 5.41) is 3.14. The van der Waals surface area contributed by atoms with Gasteiger partial charge in [0.05, 0.1) is 18.3 Å². The van der Waals surface area contributed by atoms with Gasteiger partial charge in [-0.15, -0.1) is 0 Å².